The lowest BCUT2D eigenvalue weighted by Crippen LogP contribution is -2.30. The number of fused-ring (bicyclic) bond motifs is 2. The van der Waals surface area contributed by atoms with Crippen LogP contribution in [0.3, 0.4) is 0 Å². The summed E-state index contributed by atoms with van der Waals surface area (Å²) in [5.74, 6) is -0.0986. The minimum absolute atomic E-state index is 0.0360. The molecule has 1 N–H and O–H groups in total. The molecule has 1 aliphatic rings. The van der Waals surface area contributed by atoms with Gasteiger partial charge in [-0.15, -0.1) is 11.3 Å². The van der Waals surface area contributed by atoms with Gasteiger partial charge in [0.25, 0.3) is 11.8 Å². The van der Waals surface area contributed by atoms with Crippen LogP contribution in [-0.2, 0) is 6.54 Å². The molecule has 0 unspecified atom stereocenters. The van der Waals surface area contributed by atoms with Gasteiger partial charge in [0.05, 0.1) is 16.1 Å². The fourth-order valence-corrected chi connectivity index (χ4v) is 5.07. The van der Waals surface area contributed by atoms with Crippen LogP contribution in [0.25, 0.3) is 0 Å². The van der Waals surface area contributed by atoms with E-state index in [2.05, 4.69) is 10.3 Å². The molecular formula is C21H19N3O2S2. The maximum atomic E-state index is 12.9. The highest BCUT2D eigenvalue weighted by atomic mass is 32.2. The number of hydrogen-bond acceptors (Lipinski definition) is 5. The van der Waals surface area contributed by atoms with Crippen molar-refractivity contribution in [3.05, 3.63) is 69.5 Å². The molecule has 0 saturated carbocycles. The topological polar surface area (TPSA) is 62.3 Å². The van der Waals surface area contributed by atoms with Crippen molar-refractivity contribution in [2.75, 3.05) is 11.4 Å². The Balaban J connectivity index is 1.61. The highest BCUT2D eigenvalue weighted by Crippen LogP contribution is 2.40. The molecule has 1 aliphatic heterocycles. The zero-order chi connectivity index (χ0) is 19.7. The van der Waals surface area contributed by atoms with E-state index in [0.717, 1.165) is 26.6 Å². The predicted octanol–water partition coefficient (Wildman–Crippen LogP) is 4.51. The smallest absolute Gasteiger partial charge is 0.261 e. The first kappa shape index (κ1) is 18.7. The fourth-order valence-electron chi connectivity index (χ4n) is 3.15. The molecule has 0 spiro atoms. The van der Waals surface area contributed by atoms with Crippen LogP contribution >= 0.6 is 23.1 Å². The van der Waals surface area contributed by atoms with Gasteiger partial charge in [-0.3, -0.25) is 9.59 Å². The zero-order valence-corrected chi connectivity index (χ0v) is 17.2. The molecule has 0 saturated heterocycles. The Kier molecular flexibility index (Phi) is 5.19. The second-order valence-corrected chi connectivity index (χ2v) is 8.37. The number of thiophene rings is 1. The van der Waals surface area contributed by atoms with Crippen molar-refractivity contribution in [1.29, 1.82) is 0 Å². The van der Waals surface area contributed by atoms with E-state index in [0.29, 0.717) is 23.7 Å². The minimum atomic E-state index is -0.0625. The van der Waals surface area contributed by atoms with Crippen molar-refractivity contribution >= 4 is 40.6 Å². The molecule has 1 aromatic carbocycles. The largest absolute Gasteiger partial charge is 0.347 e. The molecule has 3 aromatic rings. The number of anilines is 1. The van der Waals surface area contributed by atoms with Crippen LogP contribution in [0.2, 0.25) is 0 Å². The summed E-state index contributed by atoms with van der Waals surface area (Å²) in [6, 6.07) is 11.5. The van der Waals surface area contributed by atoms with Crippen LogP contribution in [0.5, 0.6) is 0 Å². The average Bonchev–Trinajstić information content (AvgIpc) is 3.09. The van der Waals surface area contributed by atoms with Crippen molar-refractivity contribution in [2.24, 2.45) is 0 Å². The normalized spacial score (nSPS) is 12.9. The van der Waals surface area contributed by atoms with Crippen molar-refractivity contribution in [2.45, 2.75) is 30.3 Å². The molecule has 7 heteroatoms. The van der Waals surface area contributed by atoms with Gasteiger partial charge < -0.3 is 10.2 Å². The first-order valence-electron chi connectivity index (χ1n) is 8.98. The number of hydrogen-bond donors (Lipinski definition) is 1. The van der Waals surface area contributed by atoms with Crippen molar-refractivity contribution in [1.82, 2.24) is 10.3 Å². The number of aromatic nitrogens is 1. The summed E-state index contributed by atoms with van der Waals surface area (Å²) in [5.41, 5.74) is 3.46. The van der Waals surface area contributed by atoms with Crippen molar-refractivity contribution in [3.63, 3.8) is 0 Å². The zero-order valence-electron chi connectivity index (χ0n) is 15.6. The van der Waals surface area contributed by atoms with E-state index in [9.17, 15) is 9.59 Å². The Morgan fingerprint density at radius 3 is 2.86 bits per heavy atom. The maximum absolute atomic E-state index is 12.9. The maximum Gasteiger partial charge on any atom is 0.261 e. The molecule has 0 bridgehead atoms. The molecule has 0 radical (unpaired) electrons. The number of carbonyl (C=O) groups excluding carboxylic acids is 2. The lowest BCUT2D eigenvalue weighted by molar-refractivity contribution is 0.0952. The summed E-state index contributed by atoms with van der Waals surface area (Å²) in [4.78, 5) is 33.2. The third-order valence-electron chi connectivity index (χ3n) is 4.61. The number of nitrogens with zero attached hydrogens (tertiary/aromatic N) is 2. The minimum Gasteiger partial charge on any atom is -0.347 e. The van der Waals surface area contributed by atoms with Crippen LogP contribution < -0.4 is 10.2 Å². The van der Waals surface area contributed by atoms with E-state index in [4.69, 9.17) is 0 Å². The second-order valence-electron chi connectivity index (χ2n) is 6.43. The summed E-state index contributed by atoms with van der Waals surface area (Å²) in [6.45, 7) is 4.91. The van der Waals surface area contributed by atoms with Crippen LogP contribution in [0, 0.1) is 6.92 Å². The van der Waals surface area contributed by atoms with Gasteiger partial charge in [-0.2, -0.15) is 0 Å². The number of aryl methyl sites for hydroxylation is 1. The summed E-state index contributed by atoms with van der Waals surface area (Å²) in [6.07, 6.45) is 1.70. The van der Waals surface area contributed by atoms with Gasteiger partial charge in [0, 0.05) is 24.2 Å². The molecule has 0 aliphatic carbocycles. The van der Waals surface area contributed by atoms with Crippen molar-refractivity contribution < 1.29 is 9.59 Å². The molecule has 3 heterocycles. The SMILES string of the molecule is CCN1C(=O)c2cccnc2Sc2cc(CNC(=O)c3sccc3C)ccc21. The molecular weight excluding hydrogens is 390 g/mol. The standard InChI is InChI=1S/C21H19N3O2S2/c1-3-24-16-7-6-14(12-23-19(25)18-13(2)8-10-27-18)11-17(16)28-20-15(21(24)26)5-4-9-22-20/h4-11H,3,12H2,1-2H3,(H,23,25). The third kappa shape index (κ3) is 3.43. The van der Waals surface area contributed by atoms with Crippen LogP contribution in [0.1, 0.15) is 38.1 Å². The summed E-state index contributed by atoms with van der Waals surface area (Å²) < 4.78 is 0. The molecule has 0 atom stereocenters. The van der Waals surface area contributed by atoms with Gasteiger partial charge >= 0.3 is 0 Å². The molecule has 28 heavy (non-hydrogen) atoms. The second kappa shape index (κ2) is 7.77. The van der Waals surface area contributed by atoms with Gasteiger partial charge in [0.15, 0.2) is 0 Å². The number of pyridine rings is 1. The summed E-state index contributed by atoms with van der Waals surface area (Å²) in [5, 5.41) is 5.61. The summed E-state index contributed by atoms with van der Waals surface area (Å²) in [7, 11) is 0. The van der Waals surface area contributed by atoms with Gasteiger partial charge in [-0.05, 0) is 60.7 Å². The Bertz CT molecular complexity index is 1060. The van der Waals surface area contributed by atoms with Gasteiger partial charge in [-0.25, -0.2) is 4.98 Å². The third-order valence-corrected chi connectivity index (χ3v) is 6.69. The Morgan fingerprint density at radius 1 is 1.25 bits per heavy atom. The molecule has 5 nitrogen and oxygen atoms in total. The van der Waals surface area contributed by atoms with E-state index in [1.807, 2.05) is 49.6 Å². The fraction of sp³-hybridized carbons (Fsp3) is 0.190. The van der Waals surface area contributed by atoms with Crippen molar-refractivity contribution in [3.8, 4) is 0 Å². The van der Waals surface area contributed by atoms with E-state index in [-0.39, 0.29) is 11.8 Å². The van der Waals surface area contributed by atoms with E-state index in [1.165, 1.54) is 23.1 Å². The number of nitrogens with one attached hydrogen (secondary N) is 1. The summed E-state index contributed by atoms with van der Waals surface area (Å²) >= 11 is 2.94. The number of benzene rings is 1. The molecule has 142 valence electrons. The first-order chi connectivity index (χ1) is 13.6. The number of carbonyl (C=O) groups is 2. The number of rotatable bonds is 4. The quantitative estimate of drug-likeness (QED) is 0.689. The van der Waals surface area contributed by atoms with Crippen LogP contribution in [0.4, 0.5) is 5.69 Å². The van der Waals surface area contributed by atoms with E-state index < -0.39 is 0 Å². The molecule has 2 amide bonds. The Hall–Kier alpha value is -2.64. The van der Waals surface area contributed by atoms with Crippen LogP contribution in [0.15, 0.2) is 57.9 Å². The van der Waals surface area contributed by atoms with Crippen LogP contribution in [-0.4, -0.2) is 23.3 Å². The first-order valence-corrected chi connectivity index (χ1v) is 10.7. The van der Waals surface area contributed by atoms with E-state index >= 15 is 0 Å². The molecule has 0 fully saturated rings. The van der Waals surface area contributed by atoms with E-state index in [1.54, 1.807) is 17.2 Å². The van der Waals surface area contributed by atoms with Gasteiger partial charge in [-0.1, -0.05) is 17.8 Å². The highest BCUT2D eigenvalue weighted by Gasteiger charge is 2.27. The lowest BCUT2D eigenvalue weighted by atomic mass is 10.1. The lowest BCUT2D eigenvalue weighted by Gasteiger charge is -2.21. The predicted molar refractivity (Wildman–Crippen MR) is 112 cm³/mol. The molecule has 4 rings (SSSR count). The number of amides is 2. The average molecular weight is 410 g/mol. The Labute approximate surface area is 171 Å². The van der Waals surface area contributed by atoms with Gasteiger partial charge in [0.2, 0.25) is 0 Å². The highest BCUT2D eigenvalue weighted by molar-refractivity contribution is 7.99. The Morgan fingerprint density at radius 2 is 2.11 bits per heavy atom. The van der Waals surface area contributed by atoms with Gasteiger partial charge in [0.1, 0.15) is 5.03 Å². The monoisotopic (exact) mass is 409 g/mol. The molecule has 2 aromatic heterocycles.